The van der Waals surface area contributed by atoms with Crippen molar-refractivity contribution in [3.63, 3.8) is 0 Å². The lowest BCUT2D eigenvalue weighted by atomic mass is 10.1. The number of carbonyl (C=O) groups excluding carboxylic acids is 1. The van der Waals surface area contributed by atoms with Gasteiger partial charge in [-0.25, -0.2) is 8.42 Å². The maximum Gasteiger partial charge on any atom is 0.246 e. The summed E-state index contributed by atoms with van der Waals surface area (Å²) < 4.78 is 23.3. The fourth-order valence-electron chi connectivity index (χ4n) is 3.68. The maximum atomic E-state index is 12.4. The lowest BCUT2D eigenvalue weighted by Gasteiger charge is -2.34. The fraction of sp³-hybridized carbons (Fsp3) is 0.526. The van der Waals surface area contributed by atoms with Gasteiger partial charge < -0.3 is 9.80 Å². The van der Waals surface area contributed by atoms with E-state index in [1.165, 1.54) is 10.5 Å². The first-order valence-electron chi connectivity index (χ1n) is 9.08. The highest BCUT2D eigenvalue weighted by Gasteiger charge is 2.37. The highest BCUT2D eigenvalue weighted by atomic mass is 32.2. The largest absolute Gasteiger partial charge is 0.329 e. The molecule has 0 radical (unpaired) electrons. The van der Waals surface area contributed by atoms with E-state index in [2.05, 4.69) is 19.1 Å². The van der Waals surface area contributed by atoms with Crippen LogP contribution in [0.25, 0.3) is 6.08 Å². The zero-order valence-corrected chi connectivity index (χ0v) is 15.6. The first-order chi connectivity index (χ1) is 12.0. The Morgan fingerprint density at radius 1 is 1.24 bits per heavy atom. The third kappa shape index (κ3) is 4.70. The van der Waals surface area contributed by atoms with Crippen molar-refractivity contribution in [3.8, 4) is 0 Å². The van der Waals surface area contributed by atoms with E-state index in [-0.39, 0.29) is 11.9 Å². The van der Waals surface area contributed by atoms with Crippen molar-refractivity contribution < 1.29 is 18.1 Å². The van der Waals surface area contributed by atoms with Crippen LogP contribution in [0.15, 0.2) is 30.3 Å². The molecular formula is C19H27N2O3S+. The molecule has 25 heavy (non-hydrogen) atoms. The van der Waals surface area contributed by atoms with Crippen molar-refractivity contribution >= 4 is 21.8 Å². The average Bonchev–Trinajstić information content (AvgIpc) is 3.00. The highest BCUT2D eigenvalue weighted by molar-refractivity contribution is 7.91. The van der Waals surface area contributed by atoms with Gasteiger partial charge in [0.05, 0.1) is 31.9 Å². The fourth-order valence-corrected chi connectivity index (χ4v) is 5.50. The summed E-state index contributed by atoms with van der Waals surface area (Å²) in [7, 11) is -2.83. The molecule has 0 unspecified atom stereocenters. The quantitative estimate of drug-likeness (QED) is 0.777. The molecule has 0 saturated carbocycles. The van der Waals surface area contributed by atoms with Crippen LogP contribution in [0.5, 0.6) is 0 Å². The molecule has 1 aromatic carbocycles. The molecule has 3 rings (SSSR count). The summed E-state index contributed by atoms with van der Waals surface area (Å²) in [5, 5.41) is 0. The van der Waals surface area contributed by atoms with E-state index in [9.17, 15) is 13.2 Å². The van der Waals surface area contributed by atoms with Crippen LogP contribution >= 0.6 is 0 Å². The van der Waals surface area contributed by atoms with Gasteiger partial charge in [-0.2, -0.15) is 0 Å². The van der Waals surface area contributed by atoms with Crippen LogP contribution < -0.4 is 4.90 Å². The normalized spacial score (nSPS) is 24.0. The van der Waals surface area contributed by atoms with Gasteiger partial charge in [-0.3, -0.25) is 4.79 Å². The summed E-state index contributed by atoms with van der Waals surface area (Å²) in [4.78, 5) is 15.6. The summed E-state index contributed by atoms with van der Waals surface area (Å²) in [6.45, 7) is 5.20. The van der Waals surface area contributed by atoms with Crippen LogP contribution in [0.2, 0.25) is 0 Å². The lowest BCUT2D eigenvalue weighted by Crippen LogP contribution is -3.18. The third-order valence-electron chi connectivity index (χ3n) is 5.33. The standard InChI is InChI=1S/C19H26N2O3S/c1-2-16-3-5-17(6-4-16)7-8-19(22)21-12-10-20(11-13-21)18-9-14-25(23,24)15-18/h3-8,18H,2,9-15H2,1H3/p+1/b8-7+/t18-/m1/s1. The number of sulfone groups is 1. The smallest absolute Gasteiger partial charge is 0.246 e. The van der Waals surface area contributed by atoms with Crippen molar-refractivity contribution in [2.75, 3.05) is 37.7 Å². The van der Waals surface area contributed by atoms with Crippen molar-refractivity contribution in [2.24, 2.45) is 0 Å². The molecule has 0 spiro atoms. The molecule has 2 aliphatic heterocycles. The number of aryl methyl sites for hydroxylation is 1. The SMILES string of the molecule is CCc1ccc(/C=C/C(=O)N2CC[NH+]([C@@H]3CCS(=O)(=O)C3)CC2)cc1. The van der Waals surface area contributed by atoms with Crippen molar-refractivity contribution in [1.82, 2.24) is 4.90 Å². The van der Waals surface area contributed by atoms with Crippen LogP contribution in [0.1, 0.15) is 24.5 Å². The highest BCUT2D eigenvalue weighted by Crippen LogP contribution is 2.10. The molecule has 2 fully saturated rings. The number of piperazine rings is 1. The number of rotatable bonds is 4. The van der Waals surface area contributed by atoms with E-state index in [1.54, 1.807) is 6.08 Å². The summed E-state index contributed by atoms with van der Waals surface area (Å²) in [6.07, 6.45) is 5.29. The van der Waals surface area contributed by atoms with Crippen LogP contribution in [-0.2, 0) is 21.1 Å². The molecule has 136 valence electrons. The minimum absolute atomic E-state index is 0.0395. The molecule has 2 heterocycles. The van der Waals surface area contributed by atoms with Crippen LogP contribution in [0.3, 0.4) is 0 Å². The Morgan fingerprint density at radius 2 is 1.92 bits per heavy atom. The van der Waals surface area contributed by atoms with Gasteiger partial charge in [0.15, 0.2) is 9.84 Å². The van der Waals surface area contributed by atoms with Crippen molar-refractivity contribution in [2.45, 2.75) is 25.8 Å². The predicted molar refractivity (Wildman–Crippen MR) is 99.2 cm³/mol. The predicted octanol–water partition coefficient (Wildman–Crippen LogP) is 0.176. The second kappa shape index (κ2) is 7.70. The molecule has 0 aliphatic carbocycles. The van der Waals surface area contributed by atoms with E-state index in [0.717, 1.165) is 31.5 Å². The van der Waals surface area contributed by atoms with Gasteiger partial charge in [0.1, 0.15) is 11.8 Å². The monoisotopic (exact) mass is 363 g/mol. The number of nitrogens with zero attached hydrogens (tertiary/aromatic N) is 1. The Bertz CT molecular complexity index is 732. The van der Waals surface area contributed by atoms with Crippen LogP contribution in [0, 0.1) is 0 Å². The topological polar surface area (TPSA) is 58.9 Å². The van der Waals surface area contributed by atoms with Gasteiger partial charge in [-0.05, 0) is 23.6 Å². The van der Waals surface area contributed by atoms with E-state index in [0.29, 0.717) is 24.6 Å². The minimum atomic E-state index is -2.83. The number of hydrogen-bond donors (Lipinski definition) is 1. The summed E-state index contributed by atoms with van der Waals surface area (Å²) >= 11 is 0. The number of benzene rings is 1. The average molecular weight is 364 g/mol. The third-order valence-corrected chi connectivity index (χ3v) is 7.10. The molecule has 0 bridgehead atoms. The number of carbonyl (C=O) groups is 1. The molecular weight excluding hydrogens is 336 g/mol. The molecule has 2 saturated heterocycles. The Morgan fingerprint density at radius 3 is 2.48 bits per heavy atom. The first-order valence-corrected chi connectivity index (χ1v) is 10.9. The van der Waals surface area contributed by atoms with E-state index in [1.807, 2.05) is 23.1 Å². The Kier molecular flexibility index (Phi) is 5.59. The summed E-state index contributed by atoms with van der Waals surface area (Å²) in [6, 6.07) is 8.45. The van der Waals surface area contributed by atoms with Gasteiger partial charge >= 0.3 is 0 Å². The van der Waals surface area contributed by atoms with Gasteiger partial charge in [0.2, 0.25) is 5.91 Å². The van der Waals surface area contributed by atoms with Crippen LogP contribution in [0.4, 0.5) is 0 Å². The van der Waals surface area contributed by atoms with Crippen LogP contribution in [-0.4, -0.2) is 63.0 Å². The molecule has 1 atom stereocenters. The van der Waals surface area contributed by atoms with E-state index < -0.39 is 9.84 Å². The Balaban J connectivity index is 1.50. The van der Waals surface area contributed by atoms with E-state index >= 15 is 0 Å². The lowest BCUT2D eigenvalue weighted by molar-refractivity contribution is -0.925. The van der Waals surface area contributed by atoms with Gasteiger partial charge in [0, 0.05) is 12.5 Å². The minimum Gasteiger partial charge on any atom is -0.329 e. The molecule has 1 amide bonds. The molecule has 1 N–H and O–H groups in total. The number of hydrogen-bond acceptors (Lipinski definition) is 3. The van der Waals surface area contributed by atoms with Gasteiger partial charge in [-0.15, -0.1) is 0 Å². The molecule has 6 heteroatoms. The van der Waals surface area contributed by atoms with Crippen molar-refractivity contribution in [3.05, 3.63) is 41.5 Å². The second-order valence-electron chi connectivity index (χ2n) is 7.01. The van der Waals surface area contributed by atoms with Gasteiger partial charge in [0.25, 0.3) is 0 Å². The zero-order valence-electron chi connectivity index (χ0n) is 14.8. The van der Waals surface area contributed by atoms with Crippen molar-refractivity contribution in [1.29, 1.82) is 0 Å². The summed E-state index contributed by atoms with van der Waals surface area (Å²) in [5.41, 5.74) is 2.32. The molecule has 1 aromatic rings. The Labute approximate surface area is 150 Å². The van der Waals surface area contributed by atoms with Gasteiger partial charge in [-0.1, -0.05) is 31.2 Å². The number of nitrogens with one attached hydrogen (secondary N) is 1. The first kappa shape index (κ1) is 18.1. The maximum absolute atomic E-state index is 12.4. The zero-order chi connectivity index (χ0) is 17.9. The second-order valence-corrected chi connectivity index (χ2v) is 9.24. The number of quaternary nitrogens is 1. The summed E-state index contributed by atoms with van der Waals surface area (Å²) in [5.74, 6) is 0.672. The molecule has 0 aromatic heterocycles. The molecule has 2 aliphatic rings. The van der Waals surface area contributed by atoms with E-state index in [4.69, 9.17) is 0 Å². The Hall–Kier alpha value is -1.66. The molecule has 5 nitrogen and oxygen atoms in total. The number of amides is 1.